The van der Waals surface area contributed by atoms with E-state index in [1.165, 1.54) is 18.8 Å². The molecule has 0 saturated carbocycles. The van der Waals surface area contributed by atoms with Crippen LogP contribution in [0.4, 0.5) is 0 Å². The highest BCUT2D eigenvalue weighted by atomic mass is 32.2. The Labute approximate surface area is 166 Å². The maximum absolute atomic E-state index is 13.2. The van der Waals surface area contributed by atoms with Crippen LogP contribution in [0.1, 0.15) is 6.92 Å². The van der Waals surface area contributed by atoms with Crippen LogP contribution in [0.5, 0.6) is 11.5 Å². The van der Waals surface area contributed by atoms with Gasteiger partial charge in [0.1, 0.15) is 5.25 Å². The van der Waals surface area contributed by atoms with E-state index in [1.54, 1.807) is 50.4 Å². The van der Waals surface area contributed by atoms with Crippen molar-refractivity contribution < 1.29 is 19.0 Å². The van der Waals surface area contributed by atoms with Crippen LogP contribution < -0.4 is 15.0 Å². The monoisotopic (exact) mass is 400 g/mol. The zero-order chi connectivity index (χ0) is 20.3. The minimum absolute atomic E-state index is 0.239. The Morgan fingerprint density at radius 2 is 1.79 bits per heavy atom. The first kappa shape index (κ1) is 19.8. The van der Waals surface area contributed by atoms with Crippen LogP contribution in [0, 0.1) is 0 Å². The van der Waals surface area contributed by atoms with Crippen molar-refractivity contribution in [3.8, 4) is 17.2 Å². The number of hydrogen-bond donors (Lipinski definition) is 0. The van der Waals surface area contributed by atoms with Gasteiger partial charge in [-0.25, -0.2) is 4.98 Å². The fourth-order valence-corrected chi connectivity index (χ4v) is 3.71. The summed E-state index contributed by atoms with van der Waals surface area (Å²) in [6.07, 6.45) is 0. The van der Waals surface area contributed by atoms with Crippen molar-refractivity contribution in [3.05, 3.63) is 52.8 Å². The predicted molar refractivity (Wildman–Crippen MR) is 108 cm³/mol. The molecule has 3 aromatic rings. The number of fused-ring (bicyclic) bond motifs is 1. The molecule has 1 aromatic heterocycles. The van der Waals surface area contributed by atoms with Gasteiger partial charge >= 0.3 is 5.97 Å². The van der Waals surface area contributed by atoms with Crippen LogP contribution in [0.3, 0.4) is 0 Å². The van der Waals surface area contributed by atoms with Gasteiger partial charge in [-0.2, -0.15) is 0 Å². The van der Waals surface area contributed by atoms with E-state index in [9.17, 15) is 9.59 Å². The summed E-state index contributed by atoms with van der Waals surface area (Å²) in [5, 5.41) is 0.325. The first-order chi connectivity index (χ1) is 13.5. The number of para-hydroxylation sites is 1. The van der Waals surface area contributed by atoms with Crippen LogP contribution in [0.25, 0.3) is 16.6 Å². The molecule has 0 aliphatic heterocycles. The maximum atomic E-state index is 13.2. The molecule has 0 aliphatic carbocycles. The van der Waals surface area contributed by atoms with Crippen molar-refractivity contribution >= 4 is 28.6 Å². The van der Waals surface area contributed by atoms with Gasteiger partial charge in [0.15, 0.2) is 16.7 Å². The molecule has 0 saturated heterocycles. The molecule has 0 radical (unpaired) electrons. The second kappa shape index (κ2) is 8.35. The Morgan fingerprint density at radius 3 is 2.46 bits per heavy atom. The number of rotatable bonds is 6. The highest BCUT2D eigenvalue weighted by molar-refractivity contribution is 8.00. The topological polar surface area (TPSA) is 79.7 Å². The third kappa shape index (κ3) is 3.68. The molecule has 0 aliphatic rings. The summed E-state index contributed by atoms with van der Waals surface area (Å²) in [6.45, 7) is 1.71. The van der Waals surface area contributed by atoms with Crippen molar-refractivity contribution in [1.29, 1.82) is 0 Å². The molecule has 28 heavy (non-hydrogen) atoms. The van der Waals surface area contributed by atoms with Gasteiger partial charge in [-0.15, -0.1) is 0 Å². The number of carbonyl (C=O) groups excluding carboxylic acids is 1. The zero-order valence-electron chi connectivity index (χ0n) is 16.0. The molecular formula is C20H20N2O5S. The van der Waals surface area contributed by atoms with Crippen molar-refractivity contribution in [2.45, 2.75) is 17.3 Å². The lowest BCUT2D eigenvalue weighted by Crippen LogP contribution is -2.24. The smallest absolute Gasteiger partial charge is 0.318 e. The second-order valence-corrected chi connectivity index (χ2v) is 7.18. The first-order valence-electron chi connectivity index (χ1n) is 8.48. The number of methoxy groups -OCH3 is 3. The van der Waals surface area contributed by atoms with Gasteiger partial charge in [-0.1, -0.05) is 23.9 Å². The highest BCUT2D eigenvalue weighted by Gasteiger charge is 2.21. The first-order valence-corrected chi connectivity index (χ1v) is 9.36. The molecule has 0 N–H and O–H groups in total. The average Bonchev–Trinajstić information content (AvgIpc) is 2.72. The van der Waals surface area contributed by atoms with E-state index in [2.05, 4.69) is 4.98 Å². The zero-order valence-corrected chi connectivity index (χ0v) is 16.8. The van der Waals surface area contributed by atoms with Gasteiger partial charge in [-0.05, 0) is 31.2 Å². The molecule has 0 amide bonds. The molecule has 2 aromatic carbocycles. The van der Waals surface area contributed by atoms with Crippen LogP contribution in [0.15, 0.2) is 52.4 Å². The minimum Gasteiger partial charge on any atom is -0.493 e. The molecule has 0 unspecified atom stereocenters. The molecule has 1 atom stereocenters. The van der Waals surface area contributed by atoms with Gasteiger partial charge in [0.2, 0.25) is 0 Å². The maximum Gasteiger partial charge on any atom is 0.318 e. The number of ether oxygens (including phenoxy) is 3. The van der Waals surface area contributed by atoms with Gasteiger partial charge in [0.25, 0.3) is 5.56 Å². The average molecular weight is 400 g/mol. The lowest BCUT2D eigenvalue weighted by molar-refractivity contribution is -0.139. The molecular weight excluding hydrogens is 380 g/mol. The highest BCUT2D eigenvalue weighted by Crippen LogP contribution is 2.31. The molecule has 146 valence electrons. The Kier molecular flexibility index (Phi) is 5.89. The molecule has 1 heterocycles. The van der Waals surface area contributed by atoms with Gasteiger partial charge in [-0.3, -0.25) is 14.2 Å². The fraction of sp³-hybridized carbons (Fsp3) is 0.250. The number of hydrogen-bond acceptors (Lipinski definition) is 7. The van der Waals surface area contributed by atoms with Crippen molar-refractivity contribution in [3.63, 3.8) is 0 Å². The third-order valence-electron chi connectivity index (χ3n) is 4.19. The number of aromatic nitrogens is 2. The molecule has 0 spiro atoms. The van der Waals surface area contributed by atoms with E-state index in [-0.39, 0.29) is 5.56 Å². The number of carbonyl (C=O) groups is 1. The molecule has 7 nitrogen and oxygen atoms in total. The summed E-state index contributed by atoms with van der Waals surface area (Å²) < 4.78 is 16.9. The predicted octanol–water partition coefficient (Wildman–Crippen LogP) is 3.06. The van der Waals surface area contributed by atoms with E-state index in [0.717, 1.165) is 11.8 Å². The number of nitrogens with zero attached hydrogens (tertiary/aromatic N) is 2. The number of thioether (sulfide) groups is 1. The number of esters is 1. The quantitative estimate of drug-likeness (QED) is 0.357. The van der Waals surface area contributed by atoms with E-state index >= 15 is 0 Å². The SMILES string of the molecule is COC(=O)[C@H](C)Sc1nc2ccccc2c(=O)n1-c1ccc(OC)c(OC)c1. The Hall–Kier alpha value is -3.00. The van der Waals surface area contributed by atoms with Crippen molar-refractivity contribution in [2.24, 2.45) is 0 Å². The minimum atomic E-state index is -0.538. The van der Waals surface area contributed by atoms with E-state index < -0.39 is 11.2 Å². The Morgan fingerprint density at radius 1 is 1.07 bits per heavy atom. The van der Waals surface area contributed by atoms with Gasteiger partial charge in [0, 0.05) is 6.07 Å². The summed E-state index contributed by atoms with van der Waals surface area (Å²) in [5.74, 6) is 0.633. The lowest BCUT2D eigenvalue weighted by Gasteiger charge is -2.16. The third-order valence-corrected chi connectivity index (χ3v) is 5.22. The standard InChI is InChI=1S/C20H20N2O5S/c1-12(19(24)27-4)28-20-21-15-8-6-5-7-14(15)18(23)22(20)13-9-10-16(25-2)17(11-13)26-3/h5-12H,1-4H3/t12-/m0/s1. The van der Waals surface area contributed by atoms with Crippen LogP contribution in [0.2, 0.25) is 0 Å². The normalized spacial score (nSPS) is 11.9. The molecule has 8 heteroatoms. The van der Waals surface area contributed by atoms with Crippen LogP contribution in [-0.2, 0) is 9.53 Å². The summed E-state index contributed by atoms with van der Waals surface area (Å²) in [6, 6.07) is 12.2. The summed E-state index contributed by atoms with van der Waals surface area (Å²) in [5.41, 5.74) is 0.877. The molecule has 0 bridgehead atoms. The summed E-state index contributed by atoms with van der Waals surface area (Å²) in [7, 11) is 4.40. The summed E-state index contributed by atoms with van der Waals surface area (Å²) >= 11 is 1.16. The number of benzene rings is 2. The van der Waals surface area contributed by atoms with Gasteiger partial charge < -0.3 is 14.2 Å². The molecule has 0 fully saturated rings. The van der Waals surface area contributed by atoms with Crippen LogP contribution in [-0.4, -0.2) is 42.1 Å². The van der Waals surface area contributed by atoms with Crippen molar-refractivity contribution in [1.82, 2.24) is 9.55 Å². The van der Waals surface area contributed by atoms with Crippen molar-refractivity contribution in [2.75, 3.05) is 21.3 Å². The lowest BCUT2D eigenvalue weighted by atomic mass is 10.2. The second-order valence-electron chi connectivity index (χ2n) is 5.87. The van der Waals surface area contributed by atoms with E-state index in [4.69, 9.17) is 14.2 Å². The Bertz CT molecular complexity index is 1080. The van der Waals surface area contributed by atoms with Crippen LogP contribution >= 0.6 is 11.8 Å². The molecule has 3 rings (SSSR count). The summed E-state index contributed by atoms with van der Waals surface area (Å²) in [4.78, 5) is 29.8. The largest absolute Gasteiger partial charge is 0.493 e. The van der Waals surface area contributed by atoms with Gasteiger partial charge in [0.05, 0.1) is 37.9 Å². The van der Waals surface area contributed by atoms with E-state index in [1.807, 2.05) is 6.07 Å². The fourth-order valence-electron chi connectivity index (χ4n) is 2.76. The Balaban J connectivity index is 2.24. The van der Waals surface area contributed by atoms with E-state index in [0.29, 0.717) is 33.2 Å².